The molecule has 0 amide bonds. The standard InChI is InChI=1S/C12H17N3S2.C8H12.2ClH.Ru/c16-12(14-10-5-2-1-3-6-10)15-13-9-11-7-4-8-17-11;1-2-4-6-8-7-5-3-1;;;/h4,7-10H,1-3,5-6H2,(H2,14,15,16);1-2,7-8H,3-6H2;2*1H;/q;;;;+2/p-2/b13-9+;2-1-,8-7-;;;. The first-order valence-corrected chi connectivity index (χ1v) is 10.6. The van der Waals surface area contributed by atoms with Crippen molar-refractivity contribution in [3.05, 3.63) is 46.7 Å². The Kier molecular flexibility index (Phi) is 21.4. The van der Waals surface area contributed by atoms with E-state index in [2.05, 4.69) is 40.1 Å². The van der Waals surface area contributed by atoms with E-state index in [-0.39, 0.29) is 44.3 Å². The van der Waals surface area contributed by atoms with Gasteiger partial charge in [0.05, 0.1) is 6.21 Å². The van der Waals surface area contributed by atoms with Gasteiger partial charge in [-0.1, -0.05) is 49.6 Å². The second-order valence-electron chi connectivity index (χ2n) is 6.29. The third-order valence-corrected chi connectivity index (χ3v) is 5.19. The predicted octanol–water partition coefficient (Wildman–Crippen LogP) is -0.443. The molecule has 0 aliphatic heterocycles. The molecule has 0 atom stereocenters. The number of nitrogens with one attached hydrogen (secondary N) is 2. The van der Waals surface area contributed by atoms with Crippen molar-refractivity contribution in [2.24, 2.45) is 5.10 Å². The molecule has 0 aromatic carbocycles. The van der Waals surface area contributed by atoms with Crippen LogP contribution in [0.15, 0.2) is 46.9 Å². The van der Waals surface area contributed by atoms with Gasteiger partial charge >= 0.3 is 19.5 Å². The minimum absolute atomic E-state index is 0. The van der Waals surface area contributed by atoms with Crippen molar-refractivity contribution in [2.75, 3.05) is 0 Å². The summed E-state index contributed by atoms with van der Waals surface area (Å²) in [5.41, 5.74) is 2.86. The number of rotatable bonds is 3. The molecule has 1 fully saturated rings. The van der Waals surface area contributed by atoms with Crippen LogP contribution in [-0.2, 0) is 19.5 Å². The van der Waals surface area contributed by atoms with Gasteiger partial charge in [0.25, 0.3) is 0 Å². The molecule has 28 heavy (non-hydrogen) atoms. The Balaban J connectivity index is 0. The molecule has 1 heterocycles. The third kappa shape index (κ3) is 14.7. The summed E-state index contributed by atoms with van der Waals surface area (Å²) in [6.45, 7) is 0. The van der Waals surface area contributed by atoms with Gasteiger partial charge in [0.15, 0.2) is 5.11 Å². The van der Waals surface area contributed by atoms with Crippen LogP contribution in [0.4, 0.5) is 0 Å². The van der Waals surface area contributed by atoms with E-state index in [1.165, 1.54) is 57.8 Å². The second-order valence-corrected chi connectivity index (χ2v) is 7.68. The van der Waals surface area contributed by atoms with E-state index in [0.29, 0.717) is 11.2 Å². The van der Waals surface area contributed by atoms with Crippen molar-refractivity contribution < 1.29 is 44.3 Å². The van der Waals surface area contributed by atoms with Gasteiger partial charge in [0, 0.05) is 10.9 Å². The maximum absolute atomic E-state index is 5.20. The molecule has 3 rings (SSSR count). The Morgan fingerprint density at radius 3 is 2.07 bits per heavy atom. The van der Waals surface area contributed by atoms with Crippen LogP contribution in [0.2, 0.25) is 0 Å². The van der Waals surface area contributed by atoms with Crippen molar-refractivity contribution in [2.45, 2.75) is 63.8 Å². The fourth-order valence-corrected chi connectivity index (χ4v) is 3.64. The molecule has 1 aromatic rings. The molecule has 1 saturated carbocycles. The van der Waals surface area contributed by atoms with Gasteiger partial charge < -0.3 is 30.1 Å². The number of hydrogen-bond donors (Lipinski definition) is 2. The number of thiophene rings is 1. The average molecular weight is 548 g/mol. The second kappa shape index (κ2) is 20.0. The fraction of sp³-hybridized carbons (Fsp3) is 0.500. The zero-order valence-corrected chi connectivity index (χ0v) is 20.8. The first kappa shape index (κ1) is 29.9. The molecular weight excluding hydrogens is 518 g/mol. The maximum atomic E-state index is 5.20. The van der Waals surface area contributed by atoms with E-state index >= 15 is 0 Å². The number of allylic oxidation sites excluding steroid dienone is 4. The zero-order valence-electron chi connectivity index (χ0n) is 15.9. The summed E-state index contributed by atoms with van der Waals surface area (Å²) in [7, 11) is 0. The van der Waals surface area contributed by atoms with Gasteiger partial charge in [0.1, 0.15) is 0 Å². The van der Waals surface area contributed by atoms with Gasteiger partial charge in [-0.15, -0.1) is 11.3 Å². The molecule has 1 aromatic heterocycles. The molecule has 0 unspecified atom stereocenters. The van der Waals surface area contributed by atoms with E-state index in [1.807, 2.05) is 17.5 Å². The maximum Gasteiger partial charge on any atom is 2.00 e. The summed E-state index contributed by atoms with van der Waals surface area (Å²) in [5.74, 6) is 0. The van der Waals surface area contributed by atoms with Crippen LogP contribution in [0.1, 0.15) is 62.7 Å². The van der Waals surface area contributed by atoms with Crippen LogP contribution in [0.25, 0.3) is 0 Å². The Bertz CT molecular complexity index is 546. The number of thiocarbonyl (C=S) groups is 1. The molecule has 158 valence electrons. The Hall–Kier alpha value is -0.257. The molecular formula is C20H29Cl2N3RuS2. The summed E-state index contributed by atoms with van der Waals surface area (Å²) in [5, 5.41) is 10.1. The Labute approximate surface area is 204 Å². The first-order chi connectivity index (χ1) is 12.3. The molecule has 0 bridgehead atoms. The van der Waals surface area contributed by atoms with Crippen LogP contribution in [0.3, 0.4) is 0 Å². The van der Waals surface area contributed by atoms with Crippen molar-refractivity contribution in [1.82, 2.24) is 10.7 Å². The molecule has 0 radical (unpaired) electrons. The van der Waals surface area contributed by atoms with Gasteiger partial charge in [-0.3, -0.25) is 5.43 Å². The van der Waals surface area contributed by atoms with E-state index in [9.17, 15) is 0 Å². The van der Waals surface area contributed by atoms with E-state index in [0.717, 1.165) is 4.88 Å². The van der Waals surface area contributed by atoms with Crippen molar-refractivity contribution in [1.29, 1.82) is 0 Å². The molecule has 0 saturated heterocycles. The van der Waals surface area contributed by atoms with Gasteiger partial charge in [-0.05, 0) is 62.2 Å². The van der Waals surface area contributed by atoms with Crippen LogP contribution >= 0.6 is 23.6 Å². The molecule has 8 heteroatoms. The van der Waals surface area contributed by atoms with Crippen LogP contribution in [0, 0.1) is 0 Å². The summed E-state index contributed by atoms with van der Waals surface area (Å²) >= 11 is 6.85. The summed E-state index contributed by atoms with van der Waals surface area (Å²) < 4.78 is 0. The molecule has 2 N–H and O–H groups in total. The van der Waals surface area contributed by atoms with Crippen LogP contribution in [-0.4, -0.2) is 17.4 Å². The van der Waals surface area contributed by atoms with Gasteiger partial charge in [-0.2, -0.15) is 5.10 Å². The van der Waals surface area contributed by atoms with E-state index < -0.39 is 0 Å². The SMILES string of the molecule is C1=C\CC/C=C\CC/1.S=C(N/N=C/c1cccs1)NC1CCCCC1.[Cl-].[Cl-].[Ru+2]. The van der Waals surface area contributed by atoms with Crippen molar-refractivity contribution >= 4 is 34.9 Å². The average Bonchev–Trinajstić information content (AvgIpc) is 3.09. The molecule has 0 spiro atoms. The quantitative estimate of drug-likeness (QED) is 0.177. The zero-order chi connectivity index (χ0) is 17.6. The summed E-state index contributed by atoms with van der Waals surface area (Å²) in [4.78, 5) is 1.12. The van der Waals surface area contributed by atoms with Crippen LogP contribution in [0.5, 0.6) is 0 Å². The number of hydrogen-bond acceptors (Lipinski definition) is 3. The normalized spacial score (nSPS) is 18.4. The van der Waals surface area contributed by atoms with Gasteiger partial charge in [-0.25, -0.2) is 0 Å². The predicted molar refractivity (Wildman–Crippen MR) is 114 cm³/mol. The first-order valence-electron chi connectivity index (χ1n) is 9.27. The van der Waals surface area contributed by atoms with E-state index in [4.69, 9.17) is 12.2 Å². The number of hydrazone groups is 1. The minimum atomic E-state index is 0. The molecule has 2 aliphatic rings. The smallest absolute Gasteiger partial charge is 1.00 e. The minimum Gasteiger partial charge on any atom is -1.00 e. The van der Waals surface area contributed by atoms with Gasteiger partial charge in [0.2, 0.25) is 0 Å². The summed E-state index contributed by atoms with van der Waals surface area (Å²) in [6.07, 6.45) is 22.2. The number of nitrogens with zero attached hydrogens (tertiary/aromatic N) is 1. The van der Waals surface area contributed by atoms with Crippen LogP contribution < -0.4 is 35.6 Å². The van der Waals surface area contributed by atoms with E-state index in [1.54, 1.807) is 17.6 Å². The molecule has 2 aliphatic carbocycles. The molecule has 3 nitrogen and oxygen atoms in total. The largest absolute Gasteiger partial charge is 2.00 e. The number of halogens is 2. The third-order valence-electron chi connectivity index (χ3n) is 4.17. The van der Waals surface area contributed by atoms with Crippen molar-refractivity contribution in [3.63, 3.8) is 0 Å². The topological polar surface area (TPSA) is 36.4 Å². The van der Waals surface area contributed by atoms with Crippen molar-refractivity contribution in [3.8, 4) is 0 Å². The fourth-order valence-electron chi connectivity index (χ4n) is 2.84. The Morgan fingerprint density at radius 1 is 1.00 bits per heavy atom. The Morgan fingerprint density at radius 2 is 1.57 bits per heavy atom. The summed E-state index contributed by atoms with van der Waals surface area (Å²) in [6, 6.07) is 4.55. The monoisotopic (exact) mass is 547 g/mol.